The summed E-state index contributed by atoms with van der Waals surface area (Å²) in [5.41, 5.74) is 6.24. The average molecular weight is 212 g/mol. The van der Waals surface area contributed by atoms with Gasteiger partial charge in [0.05, 0.1) is 16.9 Å². The first kappa shape index (κ1) is 11.3. The van der Waals surface area contributed by atoms with Gasteiger partial charge in [0.1, 0.15) is 0 Å². The number of hydrogen-bond donors (Lipinski definition) is 1. The predicted octanol–water partition coefficient (Wildman–Crippen LogP) is 2.18. The van der Waals surface area contributed by atoms with Crippen LogP contribution in [0.2, 0.25) is 0 Å². The first-order valence-electron chi connectivity index (χ1n) is 4.75. The Morgan fingerprint density at radius 1 is 1.50 bits per heavy atom. The minimum absolute atomic E-state index is 0.712. The van der Waals surface area contributed by atoms with Crippen LogP contribution in [0.5, 0.6) is 0 Å². The van der Waals surface area contributed by atoms with Crippen LogP contribution in [-0.2, 0) is 4.74 Å². The van der Waals surface area contributed by atoms with E-state index in [1.54, 1.807) is 18.0 Å². The Morgan fingerprint density at radius 2 is 2.36 bits per heavy atom. The van der Waals surface area contributed by atoms with Crippen molar-refractivity contribution >= 4 is 17.4 Å². The summed E-state index contributed by atoms with van der Waals surface area (Å²) in [6.07, 6.45) is 2.75. The number of ether oxygens (including phenoxy) is 1. The molecule has 0 aliphatic heterocycles. The summed E-state index contributed by atoms with van der Waals surface area (Å²) in [5.74, 6) is 1.04. The lowest BCUT2D eigenvalue weighted by molar-refractivity contribution is 0.149. The summed E-state index contributed by atoms with van der Waals surface area (Å²) < 4.78 is 5.24. The maximum Gasteiger partial charge on any atom is 0.0961 e. The van der Waals surface area contributed by atoms with E-state index in [0.717, 1.165) is 30.4 Å². The summed E-state index contributed by atoms with van der Waals surface area (Å²) >= 11 is 1.73. The highest BCUT2D eigenvalue weighted by Crippen LogP contribution is 2.16. The zero-order valence-corrected chi connectivity index (χ0v) is 9.22. The fraction of sp³-hybridized carbons (Fsp3) is 0.500. The second kappa shape index (κ2) is 6.68. The first-order chi connectivity index (χ1) is 6.83. The number of nitrogen functional groups attached to an aromatic ring is 1. The lowest BCUT2D eigenvalue weighted by Crippen LogP contribution is -1.95. The van der Waals surface area contributed by atoms with Gasteiger partial charge in [0, 0.05) is 19.0 Å². The topological polar surface area (TPSA) is 48.1 Å². The summed E-state index contributed by atoms with van der Waals surface area (Å²) in [5, 5.41) is 1.02. The lowest BCUT2D eigenvalue weighted by atomic mass is 10.4. The molecule has 78 valence electrons. The van der Waals surface area contributed by atoms with Crippen molar-refractivity contribution in [3.63, 3.8) is 0 Å². The van der Waals surface area contributed by atoms with E-state index in [-0.39, 0.29) is 0 Å². The van der Waals surface area contributed by atoms with Gasteiger partial charge in [-0.15, -0.1) is 11.8 Å². The van der Waals surface area contributed by atoms with Crippen LogP contribution in [0.4, 0.5) is 5.69 Å². The summed E-state index contributed by atoms with van der Waals surface area (Å²) in [7, 11) is 0. The molecule has 0 atom stereocenters. The van der Waals surface area contributed by atoms with Crippen LogP contribution >= 0.6 is 11.8 Å². The highest BCUT2D eigenvalue weighted by Gasteiger charge is 1.95. The molecule has 0 saturated carbocycles. The average Bonchev–Trinajstić information content (AvgIpc) is 2.21. The maximum atomic E-state index is 5.53. The molecular weight excluding hydrogens is 196 g/mol. The monoisotopic (exact) mass is 212 g/mol. The van der Waals surface area contributed by atoms with Crippen molar-refractivity contribution < 1.29 is 4.74 Å². The first-order valence-corrected chi connectivity index (χ1v) is 5.73. The van der Waals surface area contributed by atoms with Crippen LogP contribution in [0, 0.1) is 0 Å². The van der Waals surface area contributed by atoms with E-state index in [4.69, 9.17) is 10.5 Å². The van der Waals surface area contributed by atoms with E-state index >= 15 is 0 Å². The van der Waals surface area contributed by atoms with Crippen molar-refractivity contribution in [2.45, 2.75) is 18.4 Å². The maximum absolute atomic E-state index is 5.53. The van der Waals surface area contributed by atoms with Gasteiger partial charge in [0.2, 0.25) is 0 Å². The third-order valence-corrected chi connectivity index (χ3v) is 2.68. The third kappa shape index (κ3) is 4.48. The number of thioether (sulfide) groups is 1. The minimum Gasteiger partial charge on any atom is -0.397 e. The van der Waals surface area contributed by atoms with Gasteiger partial charge in [-0.2, -0.15) is 0 Å². The molecule has 0 spiro atoms. The van der Waals surface area contributed by atoms with Gasteiger partial charge in [0.25, 0.3) is 0 Å². The Bertz CT molecular complexity index is 251. The van der Waals surface area contributed by atoms with E-state index in [2.05, 4.69) is 4.98 Å². The molecule has 0 aliphatic carbocycles. The van der Waals surface area contributed by atoms with E-state index in [1.165, 1.54) is 0 Å². The number of aromatic nitrogens is 1. The fourth-order valence-corrected chi connectivity index (χ4v) is 1.72. The highest BCUT2D eigenvalue weighted by atomic mass is 32.2. The van der Waals surface area contributed by atoms with Crippen LogP contribution in [0.1, 0.15) is 13.3 Å². The molecule has 0 aromatic carbocycles. The second-order valence-corrected chi connectivity index (χ2v) is 3.94. The smallest absolute Gasteiger partial charge is 0.0961 e. The molecule has 1 aromatic rings. The number of nitrogens with two attached hydrogens (primary N) is 1. The van der Waals surface area contributed by atoms with Gasteiger partial charge in [0.15, 0.2) is 0 Å². The molecular formula is C10H16N2OS. The summed E-state index contributed by atoms with van der Waals surface area (Å²) in [6.45, 7) is 3.64. The Morgan fingerprint density at radius 3 is 3.00 bits per heavy atom. The molecule has 0 radical (unpaired) electrons. The Hall–Kier alpha value is -0.740. The number of rotatable bonds is 6. The van der Waals surface area contributed by atoms with Crippen molar-refractivity contribution in [3.8, 4) is 0 Å². The molecule has 0 aliphatic rings. The molecule has 1 aromatic heterocycles. The zero-order chi connectivity index (χ0) is 10.2. The predicted molar refractivity (Wildman–Crippen MR) is 60.5 cm³/mol. The van der Waals surface area contributed by atoms with Crippen molar-refractivity contribution in [1.29, 1.82) is 0 Å². The van der Waals surface area contributed by atoms with Gasteiger partial charge in [-0.1, -0.05) is 0 Å². The normalized spacial score (nSPS) is 10.4. The molecule has 1 heterocycles. The minimum atomic E-state index is 0.712. The molecule has 0 fully saturated rings. The van der Waals surface area contributed by atoms with Crippen LogP contribution < -0.4 is 5.73 Å². The molecule has 2 N–H and O–H groups in total. The van der Waals surface area contributed by atoms with Crippen molar-refractivity contribution in [1.82, 2.24) is 4.98 Å². The van der Waals surface area contributed by atoms with Crippen LogP contribution in [0.25, 0.3) is 0 Å². The van der Waals surface area contributed by atoms with E-state index in [9.17, 15) is 0 Å². The molecule has 14 heavy (non-hydrogen) atoms. The van der Waals surface area contributed by atoms with Crippen molar-refractivity contribution in [3.05, 3.63) is 18.3 Å². The molecule has 3 nitrogen and oxygen atoms in total. The van der Waals surface area contributed by atoms with Crippen LogP contribution in [0.15, 0.2) is 23.4 Å². The van der Waals surface area contributed by atoms with E-state index in [1.807, 2.05) is 19.1 Å². The van der Waals surface area contributed by atoms with Gasteiger partial charge < -0.3 is 10.5 Å². The van der Waals surface area contributed by atoms with Crippen LogP contribution in [0.3, 0.4) is 0 Å². The summed E-state index contributed by atoms with van der Waals surface area (Å²) in [4.78, 5) is 4.19. The van der Waals surface area contributed by atoms with Gasteiger partial charge >= 0.3 is 0 Å². The molecule has 0 saturated heterocycles. The SMILES string of the molecule is CCOCCCSc1ccc(N)cn1. The van der Waals surface area contributed by atoms with Crippen molar-refractivity contribution in [2.24, 2.45) is 0 Å². The van der Waals surface area contributed by atoms with Crippen molar-refractivity contribution in [2.75, 3.05) is 24.7 Å². The largest absolute Gasteiger partial charge is 0.397 e. The fourth-order valence-electron chi connectivity index (χ4n) is 0.959. The molecule has 1 rings (SSSR count). The van der Waals surface area contributed by atoms with Gasteiger partial charge in [-0.25, -0.2) is 4.98 Å². The van der Waals surface area contributed by atoms with Gasteiger partial charge in [-0.3, -0.25) is 0 Å². The summed E-state index contributed by atoms with van der Waals surface area (Å²) in [6, 6.07) is 3.82. The van der Waals surface area contributed by atoms with Gasteiger partial charge in [-0.05, 0) is 25.5 Å². The number of hydrogen-bond acceptors (Lipinski definition) is 4. The van der Waals surface area contributed by atoms with E-state index in [0.29, 0.717) is 5.69 Å². The Balaban J connectivity index is 2.15. The molecule has 0 amide bonds. The lowest BCUT2D eigenvalue weighted by Gasteiger charge is -2.01. The van der Waals surface area contributed by atoms with E-state index < -0.39 is 0 Å². The third-order valence-electron chi connectivity index (χ3n) is 1.65. The second-order valence-electron chi connectivity index (χ2n) is 2.83. The Kier molecular flexibility index (Phi) is 5.40. The number of nitrogens with zero attached hydrogens (tertiary/aromatic N) is 1. The molecule has 0 unspecified atom stereocenters. The highest BCUT2D eigenvalue weighted by molar-refractivity contribution is 7.99. The Labute approximate surface area is 89.1 Å². The number of pyridine rings is 1. The molecule has 0 bridgehead atoms. The standard InChI is InChI=1S/C10H16N2OS/c1-2-13-6-3-7-14-10-5-4-9(11)8-12-10/h4-5,8H,2-3,6-7,11H2,1H3. The number of anilines is 1. The molecule has 4 heteroatoms. The van der Waals surface area contributed by atoms with Crippen LogP contribution in [-0.4, -0.2) is 24.0 Å². The zero-order valence-electron chi connectivity index (χ0n) is 8.40. The quantitative estimate of drug-likeness (QED) is 0.580.